The summed E-state index contributed by atoms with van der Waals surface area (Å²) >= 11 is 0. The molecule has 1 aliphatic carbocycles. The van der Waals surface area contributed by atoms with Gasteiger partial charge in [0.1, 0.15) is 5.82 Å². The van der Waals surface area contributed by atoms with Crippen molar-refractivity contribution in [2.45, 2.75) is 25.4 Å². The topological polar surface area (TPSA) is 78.6 Å². The molecule has 1 amide bonds. The lowest BCUT2D eigenvalue weighted by atomic mass is 10.1. The predicted octanol–water partition coefficient (Wildman–Crippen LogP) is 1.95. The Bertz CT molecular complexity index is 729. The van der Waals surface area contributed by atoms with Gasteiger partial charge in [0.15, 0.2) is 11.4 Å². The monoisotopic (exact) mass is 333 g/mol. The number of rotatable bonds is 4. The summed E-state index contributed by atoms with van der Waals surface area (Å²) in [6, 6.07) is 5.58. The number of benzene rings is 1. The van der Waals surface area contributed by atoms with Gasteiger partial charge in [-0.3, -0.25) is 4.79 Å². The maximum Gasteiger partial charge on any atom is 0.277 e. The van der Waals surface area contributed by atoms with E-state index in [9.17, 15) is 19.4 Å². The minimum atomic E-state index is -0.410. The lowest BCUT2D eigenvalue weighted by Gasteiger charge is -2.22. The fourth-order valence-electron chi connectivity index (χ4n) is 3.09. The number of aliphatic hydroxyl groups excluding tert-OH is 1. The number of carbonyl (C=O) groups is 1. The number of carbonyl (C=O) groups excluding carboxylic acids is 1. The van der Waals surface area contributed by atoms with E-state index in [4.69, 9.17) is 0 Å². The summed E-state index contributed by atoms with van der Waals surface area (Å²) in [6.45, 7) is 0.419. The normalized spacial score (nSPS) is 20.3. The number of hydrogen-bond acceptors (Lipinski definition) is 4. The molecular formula is C17H20FN3O3. The van der Waals surface area contributed by atoms with Crippen molar-refractivity contribution in [2.24, 2.45) is 5.92 Å². The van der Waals surface area contributed by atoms with Crippen LogP contribution in [0, 0.1) is 11.7 Å². The molecule has 24 heavy (non-hydrogen) atoms. The summed E-state index contributed by atoms with van der Waals surface area (Å²) in [5, 5.41) is 24.0. The maximum atomic E-state index is 13.0. The van der Waals surface area contributed by atoms with Crippen molar-refractivity contribution in [3.05, 3.63) is 42.0 Å². The van der Waals surface area contributed by atoms with Crippen molar-refractivity contribution in [1.29, 1.82) is 0 Å². The second-order valence-corrected chi connectivity index (χ2v) is 6.23. The van der Waals surface area contributed by atoms with Crippen LogP contribution >= 0.6 is 0 Å². The quantitative estimate of drug-likeness (QED) is 0.896. The molecule has 0 bridgehead atoms. The molecule has 1 aliphatic rings. The molecule has 7 heteroatoms. The van der Waals surface area contributed by atoms with Crippen LogP contribution in [0.2, 0.25) is 0 Å². The highest BCUT2D eigenvalue weighted by Crippen LogP contribution is 2.27. The first kappa shape index (κ1) is 16.4. The van der Waals surface area contributed by atoms with Crippen LogP contribution in [0.25, 0.3) is 5.69 Å². The van der Waals surface area contributed by atoms with E-state index in [2.05, 4.69) is 5.10 Å². The molecule has 1 aromatic heterocycles. The molecule has 1 aromatic carbocycles. The van der Waals surface area contributed by atoms with Crippen molar-refractivity contribution in [3.63, 3.8) is 0 Å². The van der Waals surface area contributed by atoms with Crippen molar-refractivity contribution in [2.75, 3.05) is 13.6 Å². The van der Waals surface area contributed by atoms with Crippen LogP contribution in [-0.4, -0.2) is 50.5 Å². The summed E-state index contributed by atoms with van der Waals surface area (Å²) in [4.78, 5) is 14.0. The molecule has 1 fully saturated rings. The van der Waals surface area contributed by atoms with Crippen molar-refractivity contribution >= 4 is 5.91 Å². The summed E-state index contributed by atoms with van der Waals surface area (Å²) < 4.78 is 14.3. The van der Waals surface area contributed by atoms with Gasteiger partial charge < -0.3 is 15.1 Å². The largest absolute Gasteiger partial charge is 0.504 e. The molecule has 0 radical (unpaired) electrons. The van der Waals surface area contributed by atoms with Crippen LogP contribution in [0.15, 0.2) is 30.5 Å². The average molecular weight is 333 g/mol. The second kappa shape index (κ2) is 6.60. The van der Waals surface area contributed by atoms with Crippen molar-refractivity contribution < 1.29 is 19.4 Å². The van der Waals surface area contributed by atoms with Gasteiger partial charge in [0.25, 0.3) is 5.91 Å². The average Bonchev–Trinajstić information content (AvgIpc) is 3.13. The van der Waals surface area contributed by atoms with Crippen LogP contribution in [0.5, 0.6) is 5.75 Å². The first-order valence-electron chi connectivity index (χ1n) is 7.94. The van der Waals surface area contributed by atoms with Gasteiger partial charge in [-0.25, -0.2) is 9.07 Å². The molecular weight excluding hydrogens is 313 g/mol. The zero-order valence-electron chi connectivity index (χ0n) is 13.4. The number of hydrogen-bond donors (Lipinski definition) is 2. The number of halogens is 1. The van der Waals surface area contributed by atoms with Gasteiger partial charge >= 0.3 is 0 Å². The predicted molar refractivity (Wildman–Crippen MR) is 85.5 cm³/mol. The number of aliphatic hydroxyl groups is 1. The fourth-order valence-corrected chi connectivity index (χ4v) is 3.09. The first-order valence-corrected chi connectivity index (χ1v) is 7.94. The van der Waals surface area contributed by atoms with E-state index in [0.717, 1.165) is 19.3 Å². The smallest absolute Gasteiger partial charge is 0.277 e. The second-order valence-electron chi connectivity index (χ2n) is 6.23. The molecule has 2 atom stereocenters. The van der Waals surface area contributed by atoms with Crippen LogP contribution in [0.4, 0.5) is 4.39 Å². The highest BCUT2D eigenvalue weighted by molar-refractivity contribution is 5.94. The minimum Gasteiger partial charge on any atom is -0.504 e. The molecule has 3 rings (SSSR count). The van der Waals surface area contributed by atoms with E-state index in [1.54, 1.807) is 7.05 Å². The third kappa shape index (κ3) is 3.26. The number of nitrogens with zero attached hydrogens (tertiary/aromatic N) is 3. The Hall–Kier alpha value is -2.41. The van der Waals surface area contributed by atoms with Crippen LogP contribution in [0.3, 0.4) is 0 Å². The van der Waals surface area contributed by atoms with Crippen LogP contribution in [-0.2, 0) is 0 Å². The Labute approximate surface area is 139 Å². The Kier molecular flexibility index (Phi) is 4.53. The van der Waals surface area contributed by atoms with Gasteiger partial charge in [0.05, 0.1) is 18.0 Å². The van der Waals surface area contributed by atoms with E-state index in [1.807, 2.05) is 0 Å². The zero-order valence-corrected chi connectivity index (χ0v) is 13.4. The SMILES string of the molecule is CN(CC1CCCC1O)C(=O)c1nn(-c2ccc(F)cc2)cc1O. The molecule has 2 N–H and O–H groups in total. The summed E-state index contributed by atoms with van der Waals surface area (Å²) in [5.41, 5.74) is 0.480. The molecule has 2 unspecified atom stereocenters. The lowest BCUT2D eigenvalue weighted by Crippen LogP contribution is -2.34. The Balaban J connectivity index is 1.76. The van der Waals surface area contributed by atoms with Gasteiger partial charge in [-0.05, 0) is 37.1 Å². The number of aromatic hydroxyl groups is 1. The molecule has 1 heterocycles. The highest BCUT2D eigenvalue weighted by Gasteiger charge is 2.29. The molecule has 0 spiro atoms. The van der Waals surface area contributed by atoms with Crippen LogP contribution in [0.1, 0.15) is 29.8 Å². The van der Waals surface area contributed by atoms with E-state index >= 15 is 0 Å². The van der Waals surface area contributed by atoms with E-state index < -0.39 is 5.91 Å². The third-order valence-electron chi connectivity index (χ3n) is 4.46. The van der Waals surface area contributed by atoms with Crippen molar-refractivity contribution in [3.8, 4) is 11.4 Å². The molecule has 0 aliphatic heterocycles. The maximum absolute atomic E-state index is 13.0. The molecule has 2 aromatic rings. The van der Waals surface area contributed by atoms with Gasteiger partial charge in [0.2, 0.25) is 0 Å². The third-order valence-corrected chi connectivity index (χ3v) is 4.46. The summed E-state index contributed by atoms with van der Waals surface area (Å²) in [7, 11) is 1.63. The highest BCUT2D eigenvalue weighted by atomic mass is 19.1. The summed E-state index contributed by atoms with van der Waals surface area (Å²) in [6.07, 6.45) is 3.54. The van der Waals surface area contributed by atoms with Crippen molar-refractivity contribution in [1.82, 2.24) is 14.7 Å². The summed E-state index contributed by atoms with van der Waals surface area (Å²) in [5.74, 6) is -0.961. The Morgan fingerprint density at radius 3 is 2.71 bits per heavy atom. The zero-order chi connectivity index (χ0) is 17.3. The molecule has 128 valence electrons. The van der Waals surface area contributed by atoms with E-state index in [-0.39, 0.29) is 29.3 Å². The van der Waals surface area contributed by atoms with E-state index in [1.165, 1.54) is 40.0 Å². The minimum absolute atomic E-state index is 0.0558. The Morgan fingerprint density at radius 2 is 2.08 bits per heavy atom. The number of aromatic nitrogens is 2. The van der Waals surface area contributed by atoms with Gasteiger partial charge in [-0.2, -0.15) is 5.10 Å². The van der Waals surface area contributed by atoms with Crippen LogP contribution < -0.4 is 0 Å². The van der Waals surface area contributed by atoms with Gasteiger partial charge in [0, 0.05) is 19.5 Å². The molecule has 0 saturated heterocycles. The molecule has 6 nitrogen and oxygen atoms in total. The van der Waals surface area contributed by atoms with E-state index in [0.29, 0.717) is 12.2 Å². The standard InChI is InChI=1S/C17H20FN3O3/c1-20(9-11-3-2-4-14(11)22)17(24)16-15(23)10-21(19-16)13-7-5-12(18)6-8-13/h5-8,10-11,14,22-23H,2-4,9H2,1H3. The van der Waals surface area contributed by atoms with Gasteiger partial charge in [-0.1, -0.05) is 6.42 Å². The Morgan fingerprint density at radius 1 is 1.38 bits per heavy atom. The van der Waals surface area contributed by atoms with Gasteiger partial charge in [-0.15, -0.1) is 0 Å². The number of amides is 1. The lowest BCUT2D eigenvalue weighted by molar-refractivity contribution is 0.0685. The first-order chi connectivity index (χ1) is 11.5. The molecule has 1 saturated carbocycles. The fraction of sp³-hybridized carbons (Fsp3) is 0.412.